The van der Waals surface area contributed by atoms with Crippen LogP contribution < -0.4 is 4.74 Å². The summed E-state index contributed by atoms with van der Waals surface area (Å²) in [5, 5.41) is 2.43. The molecule has 1 saturated heterocycles. The van der Waals surface area contributed by atoms with Gasteiger partial charge in [0.15, 0.2) is 15.6 Å². The molecule has 1 unspecified atom stereocenters. The van der Waals surface area contributed by atoms with Gasteiger partial charge in [0.2, 0.25) is 0 Å². The Balaban J connectivity index is 1.97. The highest BCUT2D eigenvalue weighted by molar-refractivity contribution is 7.91. The standard InChI is InChI=1S/C18H19Cl2NO4S2/c1-11-3-5-26-16(11)9-21(13-4-6-27(23,24)10-13)18(22)12-7-14(19)17(25-2)15(20)8-12/h3,5,7-8,13H,4,6,9-10H2,1-2H3. The molecule has 1 aromatic heterocycles. The number of methoxy groups -OCH3 is 1. The van der Waals surface area contributed by atoms with Crippen molar-refractivity contribution in [2.75, 3.05) is 18.6 Å². The van der Waals surface area contributed by atoms with Crippen LogP contribution in [0.3, 0.4) is 0 Å². The lowest BCUT2D eigenvalue weighted by Crippen LogP contribution is -2.40. The second kappa shape index (κ2) is 7.99. The molecule has 0 bridgehead atoms. The van der Waals surface area contributed by atoms with Crippen LogP contribution >= 0.6 is 34.5 Å². The molecule has 0 aliphatic carbocycles. The van der Waals surface area contributed by atoms with Crippen molar-refractivity contribution in [3.05, 3.63) is 49.6 Å². The van der Waals surface area contributed by atoms with Gasteiger partial charge in [0, 0.05) is 16.5 Å². The number of rotatable bonds is 5. The average molecular weight is 448 g/mol. The number of carbonyl (C=O) groups is 1. The van der Waals surface area contributed by atoms with E-state index in [0.29, 0.717) is 24.3 Å². The van der Waals surface area contributed by atoms with Crippen molar-refractivity contribution < 1.29 is 17.9 Å². The normalized spacial score (nSPS) is 18.4. The summed E-state index contributed by atoms with van der Waals surface area (Å²) in [5.74, 6) is 0.0748. The highest BCUT2D eigenvalue weighted by Gasteiger charge is 2.35. The van der Waals surface area contributed by atoms with E-state index in [1.807, 2.05) is 18.4 Å². The Morgan fingerprint density at radius 1 is 1.33 bits per heavy atom. The van der Waals surface area contributed by atoms with Crippen LogP contribution in [0, 0.1) is 6.92 Å². The molecule has 1 aliphatic heterocycles. The molecule has 146 valence electrons. The summed E-state index contributed by atoms with van der Waals surface area (Å²) in [4.78, 5) is 15.9. The third-order valence-corrected chi connectivity index (χ3v) is 7.96. The van der Waals surface area contributed by atoms with Gasteiger partial charge in [-0.1, -0.05) is 23.2 Å². The van der Waals surface area contributed by atoms with E-state index in [9.17, 15) is 13.2 Å². The number of sulfone groups is 1. The van der Waals surface area contributed by atoms with Gasteiger partial charge in [0.25, 0.3) is 5.91 Å². The molecule has 9 heteroatoms. The number of hydrogen-bond acceptors (Lipinski definition) is 5. The Morgan fingerprint density at radius 3 is 2.48 bits per heavy atom. The fourth-order valence-corrected chi connectivity index (χ4v) is 6.43. The van der Waals surface area contributed by atoms with Crippen LogP contribution in [0.2, 0.25) is 10.0 Å². The fraction of sp³-hybridized carbons (Fsp3) is 0.389. The molecular formula is C18H19Cl2NO4S2. The molecule has 27 heavy (non-hydrogen) atoms. The quantitative estimate of drug-likeness (QED) is 0.688. The van der Waals surface area contributed by atoms with E-state index < -0.39 is 9.84 Å². The summed E-state index contributed by atoms with van der Waals surface area (Å²) < 4.78 is 29.1. The molecule has 1 atom stereocenters. The van der Waals surface area contributed by atoms with Gasteiger partial charge >= 0.3 is 0 Å². The number of halogens is 2. The molecule has 0 N–H and O–H groups in total. The van der Waals surface area contributed by atoms with Gasteiger partial charge in [-0.15, -0.1) is 11.3 Å². The maximum Gasteiger partial charge on any atom is 0.254 e. The Hall–Kier alpha value is -1.28. The summed E-state index contributed by atoms with van der Waals surface area (Å²) in [6, 6.07) is 4.62. The summed E-state index contributed by atoms with van der Waals surface area (Å²) >= 11 is 13.9. The van der Waals surface area contributed by atoms with Crippen LogP contribution in [0.25, 0.3) is 0 Å². The number of amides is 1. The fourth-order valence-electron chi connectivity index (χ4n) is 3.15. The number of nitrogens with zero attached hydrogens (tertiary/aromatic N) is 1. The lowest BCUT2D eigenvalue weighted by atomic mass is 10.1. The van der Waals surface area contributed by atoms with Crippen molar-refractivity contribution in [2.45, 2.75) is 25.9 Å². The molecule has 1 fully saturated rings. The van der Waals surface area contributed by atoms with Gasteiger partial charge in [-0.2, -0.15) is 0 Å². The minimum Gasteiger partial charge on any atom is -0.494 e. The Kier molecular flexibility index (Phi) is 6.05. The number of hydrogen-bond donors (Lipinski definition) is 0. The molecule has 1 aliphatic rings. The zero-order valence-electron chi connectivity index (χ0n) is 14.9. The van der Waals surface area contributed by atoms with Crippen LogP contribution in [-0.2, 0) is 16.4 Å². The summed E-state index contributed by atoms with van der Waals surface area (Å²) in [6.45, 7) is 2.32. The van der Waals surface area contributed by atoms with Crippen LogP contribution in [0.4, 0.5) is 0 Å². The Labute approximate surface area is 172 Å². The zero-order chi connectivity index (χ0) is 19.8. The van der Waals surface area contributed by atoms with E-state index in [1.54, 1.807) is 16.2 Å². The van der Waals surface area contributed by atoms with E-state index in [1.165, 1.54) is 19.2 Å². The number of carbonyl (C=O) groups excluding carboxylic acids is 1. The van der Waals surface area contributed by atoms with Crippen molar-refractivity contribution in [3.8, 4) is 5.75 Å². The van der Waals surface area contributed by atoms with Crippen LogP contribution in [0.1, 0.15) is 27.2 Å². The predicted octanol–water partition coefficient (Wildman–Crippen LogP) is 4.20. The first-order chi connectivity index (χ1) is 12.7. The molecule has 1 amide bonds. The van der Waals surface area contributed by atoms with E-state index in [2.05, 4.69) is 0 Å². The number of thiophene rings is 1. The molecule has 0 radical (unpaired) electrons. The monoisotopic (exact) mass is 447 g/mol. The van der Waals surface area contributed by atoms with Gasteiger partial charge < -0.3 is 9.64 Å². The Morgan fingerprint density at radius 2 is 2.00 bits per heavy atom. The van der Waals surface area contributed by atoms with E-state index in [4.69, 9.17) is 27.9 Å². The van der Waals surface area contributed by atoms with Crippen LogP contribution in [0.15, 0.2) is 23.6 Å². The van der Waals surface area contributed by atoms with Gasteiger partial charge in [-0.05, 0) is 42.5 Å². The molecule has 2 heterocycles. The summed E-state index contributed by atoms with van der Waals surface area (Å²) in [6.07, 6.45) is 0.427. The lowest BCUT2D eigenvalue weighted by molar-refractivity contribution is 0.0683. The number of benzene rings is 1. The Bertz CT molecular complexity index is 948. The van der Waals surface area contributed by atoms with Gasteiger partial charge in [-0.3, -0.25) is 4.79 Å². The highest BCUT2D eigenvalue weighted by Crippen LogP contribution is 2.35. The van der Waals surface area contributed by atoms with Crippen molar-refractivity contribution in [3.63, 3.8) is 0 Å². The zero-order valence-corrected chi connectivity index (χ0v) is 18.0. The second-order valence-corrected chi connectivity index (χ2v) is 10.5. The van der Waals surface area contributed by atoms with E-state index in [-0.39, 0.29) is 33.5 Å². The highest BCUT2D eigenvalue weighted by atomic mass is 35.5. The second-order valence-electron chi connectivity index (χ2n) is 6.49. The van der Waals surface area contributed by atoms with Crippen LogP contribution in [-0.4, -0.2) is 43.9 Å². The maximum atomic E-state index is 13.3. The van der Waals surface area contributed by atoms with Gasteiger partial charge in [0.05, 0.1) is 35.2 Å². The maximum absolute atomic E-state index is 13.3. The average Bonchev–Trinajstić information content (AvgIpc) is 3.16. The lowest BCUT2D eigenvalue weighted by Gasteiger charge is -2.28. The molecule has 0 saturated carbocycles. The minimum absolute atomic E-state index is 0.0270. The topological polar surface area (TPSA) is 63.7 Å². The van der Waals surface area contributed by atoms with E-state index in [0.717, 1.165) is 10.4 Å². The van der Waals surface area contributed by atoms with Crippen LogP contribution in [0.5, 0.6) is 5.75 Å². The molecule has 1 aromatic carbocycles. The third kappa shape index (κ3) is 4.42. The van der Waals surface area contributed by atoms with Crippen molar-refractivity contribution in [1.29, 1.82) is 0 Å². The smallest absolute Gasteiger partial charge is 0.254 e. The van der Waals surface area contributed by atoms with Crippen molar-refractivity contribution in [2.24, 2.45) is 0 Å². The SMILES string of the molecule is COc1c(Cl)cc(C(=O)N(Cc2sccc2C)C2CCS(=O)(=O)C2)cc1Cl. The number of aryl methyl sites for hydroxylation is 1. The minimum atomic E-state index is -3.13. The largest absolute Gasteiger partial charge is 0.494 e. The summed E-state index contributed by atoms with van der Waals surface area (Å²) in [5.41, 5.74) is 1.38. The first kappa shape index (κ1) is 20.5. The molecule has 2 aromatic rings. The van der Waals surface area contributed by atoms with Gasteiger partial charge in [-0.25, -0.2) is 8.42 Å². The summed E-state index contributed by atoms with van der Waals surface area (Å²) in [7, 11) is -1.69. The molecule has 3 rings (SSSR count). The van der Waals surface area contributed by atoms with Gasteiger partial charge in [0.1, 0.15) is 0 Å². The first-order valence-corrected chi connectivity index (χ1v) is 11.7. The number of ether oxygens (including phenoxy) is 1. The molecule has 5 nitrogen and oxygen atoms in total. The predicted molar refractivity (Wildman–Crippen MR) is 109 cm³/mol. The van der Waals surface area contributed by atoms with Crippen molar-refractivity contribution in [1.82, 2.24) is 4.90 Å². The third-order valence-electron chi connectivity index (χ3n) is 4.64. The first-order valence-electron chi connectivity index (χ1n) is 8.29. The van der Waals surface area contributed by atoms with E-state index >= 15 is 0 Å². The molecular weight excluding hydrogens is 429 g/mol. The van der Waals surface area contributed by atoms with Crippen molar-refractivity contribution >= 4 is 50.3 Å². The molecule has 0 spiro atoms.